The van der Waals surface area contributed by atoms with E-state index in [0.29, 0.717) is 17.0 Å². The van der Waals surface area contributed by atoms with Gasteiger partial charge in [0.25, 0.3) is 0 Å². The van der Waals surface area contributed by atoms with Crippen molar-refractivity contribution in [3.63, 3.8) is 0 Å². The Morgan fingerprint density at radius 2 is 1.62 bits per heavy atom. The highest BCUT2D eigenvalue weighted by molar-refractivity contribution is 5.91. The zero-order valence-corrected chi connectivity index (χ0v) is 10.6. The number of para-hydroxylation sites is 1. The zero-order chi connectivity index (χ0) is 15.0. The summed E-state index contributed by atoms with van der Waals surface area (Å²) < 4.78 is 39.8. The van der Waals surface area contributed by atoms with Crippen molar-refractivity contribution in [3.05, 3.63) is 53.8 Å². The van der Waals surface area contributed by atoms with E-state index in [1.165, 1.54) is 0 Å². The second-order valence-electron chi connectivity index (χ2n) is 4.32. The summed E-state index contributed by atoms with van der Waals surface area (Å²) in [4.78, 5) is 7.99. The standard InChI is InChI=1S/C14H9F3N4/c15-8-5-10(17)12(6-9(8)16)19-13-7-3-1-2-4-11(7)20-14(18)21-13/h1-6H,(H3,18,19,20,21). The fraction of sp³-hybridized carbons (Fsp3) is 0. The van der Waals surface area contributed by atoms with E-state index in [1.54, 1.807) is 24.3 Å². The maximum absolute atomic E-state index is 13.7. The van der Waals surface area contributed by atoms with E-state index < -0.39 is 17.5 Å². The van der Waals surface area contributed by atoms with Crippen molar-refractivity contribution in [1.29, 1.82) is 0 Å². The topological polar surface area (TPSA) is 63.8 Å². The van der Waals surface area contributed by atoms with Crippen LogP contribution in [0.4, 0.5) is 30.6 Å². The van der Waals surface area contributed by atoms with E-state index in [-0.39, 0.29) is 17.5 Å². The minimum absolute atomic E-state index is 0.0146. The van der Waals surface area contributed by atoms with Crippen molar-refractivity contribution in [2.45, 2.75) is 0 Å². The molecule has 4 nitrogen and oxygen atoms in total. The molecule has 0 aliphatic rings. The highest BCUT2D eigenvalue weighted by Gasteiger charge is 2.12. The lowest BCUT2D eigenvalue weighted by molar-refractivity contribution is 0.496. The molecular weight excluding hydrogens is 281 g/mol. The molecule has 0 spiro atoms. The fourth-order valence-corrected chi connectivity index (χ4v) is 1.94. The summed E-state index contributed by atoms with van der Waals surface area (Å²) in [7, 11) is 0. The molecule has 0 saturated heterocycles. The lowest BCUT2D eigenvalue weighted by atomic mass is 10.2. The Bertz CT molecular complexity index is 836. The number of halogens is 3. The van der Waals surface area contributed by atoms with Crippen LogP contribution in [-0.4, -0.2) is 9.97 Å². The molecule has 21 heavy (non-hydrogen) atoms. The molecule has 1 aromatic heterocycles. The van der Waals surface area contributed by atoms with Gasteiger partial charge >= 0.3 is 0 Å². The zero-order valence-electron chi connectivity index (χ0n) is 10.6. The Kier molecular flexibility index (Phi) is 3.09. The molecule has 0 atom stereocenters. The first-order chi connectivity index (χ1) is 10.0. The molecule has 3 N–H and O–H groups in total. The average Bonchev–Trinajstić information content (AvgIpc) is 2.44. The number of nitrogens with one attached hydrogen (secondary N) is 1. The van der Waals surface area contributed by atoms with Gasteiger partial charge in [-0.15, -0.1) is 0 Å². The molecule has 0 unspecified atom stereocenters. The molecule has 2 aromatic carbocycles. The summed E-state index contributed by atoms with van der Waals surface area (Å²) in [6.45, 7) is 0. The van der Waals surface area contributed by atoms with Crippen LogP contribution in [0.15, 0.2) is 36.4 Å². The summed E-state index contributed by atoms with van der Waals surface area (Å²) >= 11 is 0. The molecule has 3 aromatic rings. The van der Waals surface area contributed by atoms with Gasteiger partial charge in [-0.1, -0.05) is 12.1 Å². The number of hydrogen-bond acceptors (Lipinski definition) is 4. The third-order valence-corrected chi connectivity index (χ3v) is 2.88. The van der Waals surface area contributed by atoms with Gasteiger partial charge < -0.3 is 11.1 Å². The summed E-state index contributed by atoms with van der Waals surface area (Å²) in [5.74, 6) is -3.16. The first kappa shape index (κ1) is 13.2. The normalized spacial score (nSPS) is 10.8. The van der Waals surface area contributed by atoms with Gasteiger partial charge in [0.05, 0.1) is 11.2 Å². The fourth-order valence-electron chi connectivity index (χ4n) is 1.94. The highest BCUT2D eigenvalue weighted by atomic mass is 19.2. The second kappa shape index (κ2) is 4.93. The van der Waals surface area contributed by atoms with Gasteiger partial charge in [0.2, 0.25) is 5.95 Å². The maximum atomic E-state index is 13.7. The second-order valence-corrected chi connectivity index (χ2v) is 4.32. The van der Waals surface area contributed by atoms with Crippen molar-refractivity contribution in [1.82, 2.24) is 9.97 Å². The first-order valence-corrected chi connectivity index (χ1v) is 5.98. The molecule has 0 fully saturated rings. The number of rotatable bonds is 2. The van der Waals surface area contributed by atoms with Crippen molar-refractivity contribution in [2.24, 2.45) is 0 Å². The molecule has 0 amide bonds. The van der Waals surface area contributed by atoms with Crippen LogP contribution < -0.4 is 11.1 Å². The predicted octanol–water partition coefficient (Wildman–Crippen LogP) is 3.37. The smallest absolute Gasteiger partial charge is 0.222 e. The van der Waals surface area contributed by atoms with E-state index in [1.807, 2.05) is 0 Å². The first-order valence-electron chi connectivity index (χ1n) is 5.98. The largest absolute Gasteiger partial charge is 0.368 e. The maximum Gasteiger partial charge on any atom is 0.222 e. The lowest BCUT2D eigenvalue weighted by Gasteiger charge is -2.10. The molecule has 1 heterocycles. The van der Waals surface area contributed by atoms with Crippen LogP contribution in [0.3, 0.4) is 0 Å². The van der Waals surface area contributed by atoms with E-state index in [2.05, 4.69) is 15.3 Å². The predicted molar refractivity (Wildman–Crippen MR) is 73.5 cm³/mol. The molecule has 0 aliphatic heterocycles. The van der Waals surface area contributed by atoms with Crippen LogP contribution in [0.1, 0.15) is 0 Å². The van der Waals surface area contributed by atoms with Crippen LogP contribution in [0.25, 0.3) is 10.9 Å². The summed E-state index contributed by atoms with van der Waals surface area (Å²) in [5, 5.41) is 3.19. The van der Waals surface area contributed by atoms with Crippen molar-refractivity contribution in [3.8, 4) is 0 Å². The van der Waals surface area contributed by atoms with E-state index >= 15 is 0 Å². The van der Waals surface area contributed by atoms with Gasteiger partial charge in [0, 0.05) is 17.5 Å². The molecule has 106 valence electrons. The Morgan fingerprint density at radius 3 is 2.43 bits per heavy atom. The van der Waals surface area contributed by atoms with Gasteiger partial charge in [0.1, 0.15) is 11.6 Å². The summed E-state index contributed by atoms with van der Waals surface area (Å²) in [5.41, 5.74) is 5.89. The van der Waals surface area contributed by atoms with Gasteiger partial charge in [-0.25, -0.2) is 18.2 Å². The molecule has 0 radical (unpaired) electrons. The number of benzene rings is 2. The summed E-state index contributed by atoms with van der Waals surface area (Å²) in [6, 6.07) is 8.10. The van der Waals surface area contributed by atoms with E-state index in [4.69, 9.17) is 5.73 Å². The van der Waals surface area contributed by atoms with Crippen LogP contribution in [0.2, 0.25) is 0 Å². The monoisotopic (exact) mass is 290 g/mol. The number of nitrogens with zero attached hydrogens (tertiary/aromatic N) is 2. The molecule has 0 saturated carbocycles. The quantitative estimate of drug-likeness (QED) is 0.710. The van der Waals surface area contributed by atoms with Gasteiger partial charge in [-0.2, -0.15) is 4.98 Å². The molecule has 3 rings (SSSR count). The minimum atomic E-state index is -1.26. The van der Waals surface area contributed by atoms with E-state index in [0.717, 1.165) is 6.07 Å². The number of hydrogen-bond donors (Lipinski definition) is 2. The Hall–Kier alpha value is -2.83. The molecule has 7 heteroatoms. The Labute approximate surface area is 117 Å². The van der Waals surface area contributed by atoms with Gasteiger partial charge in [-0.05, 0) is 12.1 Å². The number of anilines is 3. The van der Waals surface area contributed by atoms with Crippen LogP contribution in [0, 0.1) is 17.5 Å². The third-order valence-electron chi connectivity index (χ3n) is 2.88. The SMILES string of the molecule is Nc1nc(Nc2cc(F)c(F)cc2F)c2ccccc2n1. The van der Waals surface area contributed by atoms with Gasteiger partial charge in [0.15, 0.2) is 11.6 Å². The van der Waals surface area contributed by atoms with Crippen LogP contribution in [-0.2, 0) is 0 Å². The van der Waals surface area contributed by atoms with Crippen LogP contribution >= 0.6 is 0 Å². The average molecular weight is 290 g/mol. The number of fused-ring (bicyclic) bond motifs is 1. The molecular formula is C14H9F3N4. The Balaban J connectivity index is 2.12. The highest BCUT2D eigenvalue weighted by Crippen LogP contribution is 2.27. The number of nitrogens with two attached hydrogens (primary N) is 1. The van der Waals surface area contributed by atoms with Crippen molar-refractivity contribution >= 4 is 28.4 Å². The van der Waals surface area contributed by atoms with Crippen molar-refractivity contribution in [2.75, 3.05) is 11.1 Å². The number of aromatic nitrogens is 2. The van der Waals surface area contributed by atoms with E-state index in [9.17, 15) is 13.2 Å². The Morgan fingerprint density at radius 1 is 0.905 bits per heavy atom. The minimum Gasteiger partial charge on any atom is -0.368 e. The number of nitrogen functional groups attached to an aromatic ring is 1. The lowest BCUT2D eigenvalue weighted by Crippen LogP contribution is -2.03. The van der Waals surface area contributed by atoms with Crippen LogP contribution in [0.5, 0.6) is 0 Å². The summed E-state index contributed by atoms with van der Waals surface area (Å²) in [6.07, 6.45) is 0. The van der Waals surface area contributed by atoms with Crippen molar-refractivity contribution < 1.29 is 13.2 Å². The molecule has 0 bridgehead atoms. The van der Waals surface area contributed by atoms with Gasteiger partial charge in [-0.3, -0.25) is 0 Å². The third kappa shape index (κ3) is 2.45. The molecule has 0 aliphatic carbocycles.